The van der Waals surface area contributed by atoms with Crippen LogP contribution in [0.4, 0.5) is 11.4 Å². The monoisotopic (exact) mass is 342 g/mol. The van der Waals surface area contributed by atoms with E-state index < -0.39 is 0 Å². The number of anilines is 2. The minimum absolute atomic E-state index is 0.0548. The fraction of sp³-hybridized carbons (Fsp3) is 0.176. The van der Waals surface area contributed by atoms with Gasteiger partial charge in [-0.3, -0.25) is 9.59 Å². The number of carbonyl (C=O) groups is 2. The van der Waals surface area contributed by atoms with Crippen LogP contribution < -0.4 is 20.1 Å². The van der Waals surface area contributed by atoms with Gasteiger partial charge in [-0.25, -0.2) is 0 Å². The Balaban J connectivity index is 1.55. The van der Waals surface area contributed by atoms with Crippen LogP contribution in [0.25, 0.3) is 0 Å². The number of hydrogen-bond donors (Lipinski definition) is 2. The maximum Gasteiger partial charge on any atom is 0.255 e. The predicted octanol–water partition coefficient (Wildman–Crippen LogP) is 3.10. The van der Waals surface area contributed by atoms with Gasteiger partial charge in [0.05, 0.1) is 10.9 Å². The van der Waals surface area contributed by atoms with Crippen LogP contribution in [-0.4, -0.2) is 23.9 Å². The number of amides is 2. The number of thioether (sulfide) groups is 1. The van der Waals surface area contributed by atoms with E-state index in [0.29, 0.717) is 28.4 Å². The molecule has 24 heavy (non-hydrogen) atoms. The lowest BCUT2D eigenvalue weighted by Gasteiger charge is -2.21. The Labute approximate surface area is 142 Å². The van der Waals surface area contributed by atoms with Crippen molar-refractivity contribution in [2.75, 3.05) is 17.4 Å². The van der Waals surface area contributed by atoms with Gasteiger partial charge in [-0.05, 0) is 37.3 Å². The third-order valence-electron chi connectivity index (χ3n) is 3.80. The number of carbonyl (C=O) groups excluding carboxylic acids is 2. The molecule has 0 saturated carbocycles. The molecule has 2 aromatic carbocycles. The molecule has 2 amide bonds. The molecule has 7 heteroatoms. The first-order valence-electron chi connectivity index (χ1n) is 7.43. The molecule has 0 spiro atoms. The summed E-state index contributed by atoms with van der Waals surface area (Å²) in [6.07, 6.45) is 0. The molecular formula is C17H14N2O4S. The van der Waals surface area contributed by atoms with Gasteiger partial charge in [0, 0.05) is 22.2 Å². The zero-order chi connectivity index (χ0) is 16.7. The van der Waals surface area contributed by atoms with E-state index in [0.717, 1.165) is 4.90 Å². The minimum Gasteiger partial charge on any atom is -0.454 e. The summed E-state index contributed by atoms with van der Waals surface area (Å²) < 4.78 is 10.5. The molecule has 2 aliphatic heterocycles. The number of hydrogen-bond acceptors (Lipinski definition) is 5. The molecule has 1 atom stereocenters. The zero-order valence-electron chi connectivity index (χ0n) is 12.8. The molecule has 0 bridgehead atoms. The summed E-state index contributed by atoms with van der Waals surface area (Å²) in [6, 6.07) is 10.5. The molecule has 6 nitrogen and oxygen atoms in total. The summed E-state index contributed by atoms with van der Waals surface area (Å²) >= 11 is 1.48. The quantitative estimate of drug-likeness (QED) is 0.877. The number of benzene rings is 2. The number of ether oxygens (including phenoxy) is 2. The van der Waals surface area contributed by atoms with Crippen molar-refractivity contribution in [2.45, 2.75) is 17.1 Å². The van der Waals surface area contributed by atoms with Crippen LogP contribution in [0.5, 0.6) is 11.5 Å². The molecule has 0 radical (unpaired) electrons. The van der Waals surface area contributed by atoms with Gasteiger partial charge in [0.25, 0.3) is 5.91 Å². The molecular weight excluding hydrogens is 328 g/mol. The highest BCUT2D eigenvalue weighted by atomic mass is 32.2. The van der Waals surface area contributed by atoms with Crippen LogP contribution in [-0.2, 0) is 4.79 Å². The zero-order valence-corrected chi connectivity index (χ0v) is 13.6. The topological polar surface area (TPSA) is 76.7 Å². The molecule has 0 saturated heterocycles. The van der Waals surface area contributed by atoms with Crippen molar-refractivity contribution in [3.8, 4) is 11.5 Å². The number of fused-ring (bicyclic) bond motifs is 2. The second kappa shape index (κ2) is 5.76. The Morgan fingerprint density at radius 2 is 2.04 bits per heavy atom. The Bertz CT molecular complexity index is 852. The average molecular weight is 342 g/mol. The van der Waals surface area contributed by atoms with Crippen LogP contribution in [0, 0.1) is 0 Å². The first kappa shape index (κ1) is 14.9. The van der Waals surface area contributed by atoms with Crippen molar-refractivity contribution in [1.29, 1.82) is 0 Å². The Morgan fingerprint density at radius 1 is 1.21 bits per heavy atom. The average Bonchev–Trinajstić information content (AvgIpc) is 3.03. The van der Waals surface area contributed by atoms with E-state index in [1.54, 1.807) is 30.3 Å². The summed E-state index contributed by atoms with van der Waals surface area (Å²) in [5, 5.41) is 5.51. The summed E-state index contributed by atoms with van der Waals surface area (Å²) in [4.78, 5) is 25.2. The summed E-state index contributed by atoms with van der Waals surface area (Å²) in [5.41, 5.74) is 1.76. The van der Waals surface area contributed by atoms with Crippen molar-refractivity contribution < 1.29 is 19.1 Å². The van der Waals surface area contributed by atoms with E-state index in [1.807, 2.05) is 13.0 Å². The Morgan fingerprint density at radius 3 is 2.92 bits per heavy atom. The van der Waals surface area contributed by atoms with Crippen molar-refractivity contribution >= 4 is 35.0 Å². The molecule has 2 aliphatic rings. The highest BCUT2D eigenvalue weighted by molar-refractivity contribution is 8.00. The fourth-order valence-electron chi connectivity index (χ4n) is 2.53. The van der Waals surface area contributed by atoms with Crippen LogP contribution in [0.15, 0.2) is 41.3 Å². The van der Waals surface area contributed by atoms with Gasteiger partial charge in [-0.15, -0.1) is 11.8 Å². The summed E-state index contributed by atoms with van der Waals surface area (Å²) in [5.74, 6) is 0.960. The summed E-state index contributed by atoms with van der Waals surface area (Å²) in [6.45, 7) is 2.04. The second-order valence-electron chi connectivity index (χ2n) is 5.48. The maximum atomic E-state index is 12.4. The van der Waals surface area contributed by atoms with E-state index in [1.165, 1.54) is 11.8 Å². The van der Waals surface area contributed by atoms with Gasteiger partial charge in [0.1, 0.15) is 0 Å². The van der Waals surface area contributed by atoms with Gasteiger partial charge in [-0.2, -0.15) is 0 Å². The van der Waals surface area contributed by atoms with Crippen molar-refractivity contribution in [2.24, 2.45) is 0 Å². The molecule has 2 aromatic rings. The lowest BCUT2D eigenvalue weighted by molar-refractivity contribution is -0.115. The normalized spacial score (nSPS) is 17.9. The van der Waals surface area contributed by atoms with Gasteiger partial charge in [0.15, 0.2) is 11.5 Å². The molecule has 4 rings (SSSR count). The Hall–Kier alpha value is -2.67. The SMILES string of the molecule is C[C@@H]1Sc2ccc(C(=O)Nc3ccc4c(c3)OCO4)cc2NC1=O. The molecule has 122 valence electrons. The lowest BCUT2D eigenvalue weighted by atomic mass is 10.1. The van der Waals surface area contributed by atoms with Gasteiger partial charge < -0.3 is 20.1 Å². The van der Waals surface area contributed by atoms with E-state index in [4.69, 9.17) is 9.47 Å². The van der Waals surface area contributed by atoms with Gasteiger partial charge in [-0.1, -0.05) is 0 Å². The second-order valence-corrected chi connectivity index (χ2v) is 6.87. The largest absolute Gasteiger partial charge is 0.454 e. The third-order valence-corrected chi connectivity index (χ3v) is 4.98. The lowest BCUT2D eigenvalue weighted by Crippen LogP contribution is -2.26. The van der Waals surface area contributed by atoms with Crippen LogP contribution in [0.3, 0.4) is 0 Å². The van der Waals surface area contributed by atoms with E-state index in [2.05, 4.69) is 10.6 Å². The molecule has 0 unspecified atom stereocenters. The fourth-order valence-corrected chi connectivity index (χ4v) is 3.46. The van der Waals surface area contributed by atoms with Crippen molar-refractivity contribution in [1.82, 2.24) is 0 Å². The number of rotatable bonds is 2. The third kappa shape index (κ3) is 2.67. The van der Waals surface area contributed by atoms with E-state index in [9.17, 15) is 9.59 Å². The van der Waals surface area contributed by atoms with Crippen LogP contribution >= 0.6 is 11.8 Å². The summed E-state index contributed by atoms with van der Waals surface area (Å²) in [7, 11) is 0. The first-order valence-corrected chi connectivity index (χ1v) is 8.31. The van der Waals surface area contributed by atoms with Crippen molar-refractivity contribution in [3.05, 3.63) is 42.0 Å². The van der Waals surface area contributed by atoms with Crippen LogP contribution in [0.1, 0.15) is 17.3 Å². The van der Waals surface area contributed by atoms with Crippen LogP contribution in [0.2, 0.25) is 0 Å². The first-order chi connectivity index (χ1) is 11.6. The molecule has 2 heterocycles. The smallest absolute Gasteiger partial charge is 0.255 e. The van der Waals surface area contributed by atoms with Gasteiger partial charge >= 0.3 is 0 Å². The molecule has 0 aliphatic carbocycles. The highest BCUT2D eigenvalue weighted by Gasteiger charge is 2.24. The van der Waals surface area contributed by atoms with E-state index in [-0.39, 0.29) is 23.9 Å². The van der Waals surface area contributed by atoms with Crippen molar-refractivity contribution in [3.63, 3.8) is 0 Å². The van der Waals surface area contributed by atoms with Gasteiger partial charge in [0.2, 0.25) is 12.7 Å². The number of nitrogens with one attached hydrogen (secondary N) is 2. The molecule has 0 fully saturated rings. The predicted molar refractivity (Wildman–Crippen MR) is 90.9 cm³/mol. The highest BCUT2D eigenvalue weighted by Crippen LogP contribution is 2.37. The maximum absolute atomic E-state index is 12.4. The molecule has 2 N–H and O–H groups in total. The minimum atomic E-state index is -0.255. The molecule has 0 aromatic heterocycles. The standard InChI is InChI=1S/C17H14N2O4S/c1-9-16(20)19-12-6-10(2-5-15(12)24-9)17(21)18-11-3-4-13-14(7-11)23-8-22-13/h2-7,9H,8H2,1H3,(H,18,21)(H,19,20)/t9-/m0/s1. The Kier molecular flexibility index (Phi) is 3.57. The van der Waals surface area contributed by atoms with E-state index >= 15 is 0 Å².